The average molecular weight is 610 g/mol. The lowest BCUT2D eigenvalue weighted by atomic mass is 9.66. The van der Waals surface area contributed by atoms with Crippen LogP contribution >= 0.6 is 0 Å². The second kappa shape index (κ2) is 15.0. The van der Waals surface area contributed by atoms with E-state index in [0.717, 1.165) is 67.6 Å². The van der Waals surface area contributed by atoms with Crippen LogP contribution in [0, 0.1) is 16.9 Å². The molecule has 1 amide bonds. The Balaban J connectivity index is 1.74. The Kier molecular flexibility index (Phi) is 11.1. The van der Waals surface area contributed by atoms with Gasteiger partial charge in [-0.1, -0.05) is 42.6 Å². The number of amidine groups is 1. The number of nitrogens with two attached hydrogens (primary N) is 1. The highest BCUT2D eigenvalue weighted by molar-refractivity contribution is 5.96. The standard InChI is InChI=1S/C35H47N9O/c1-23(39-4)8-9-26-10-11-30-20-35(34(37)42-43-38,19-24(2)41-22-25(3)44-16-6-7-31(44)21-36)32-15-14-29(33(45)40-5)18-28(32)13-12-27(30)17-26/h10-11,14-15,17-18,24,31,39,41H,1,3,6-9,12-13,16,19-20,22H2,2,4-5H3,(H,40,45)(H3,37,38,42)/t24-,31?,35?/m1/s1. The quantitative estimate of drug-likeness (QED) is 0.0977. The van der Waals surface area contributed by atoms with Gasteiger partial charge >= 0.3 is 0 Å². The number of carbonyl (C=O) groups is 1. The van der Waals surface area contributed by atoms with Gasteiger partial charge in [0.05, 0.1) is 11.5 Å². The summed E-state index contributed by atoms with van der Waals surface area (Å²) in [6.45, 7) is 11.8. The van der Waals surface area contributed by atoms with Crippen molar-refractivity contribution in [3.8, 4) is 6.07 Å². The lowest BCUT2D eigenvalue weighted by molar-refractivity contribution is 0.0963. The molecule has 0 aromatic heterocycles. The van der Waals surface area contributed by atoms with Crippen LogP contribution in [-0.4, -0.2) is 55.9 Å². The van der Waals surface area contributed by atoms with E-state index in [0.29, 0.717) is 24.9 Å². The Hall–Kier alpha value is -4.49. The third kappa shape index (κ3) is 7.60. The summed E-state index contributed by atoms with van der Waals surface area (Å²) in [5.74, 6) is 0.122. The fourth-order valence-electron chi connectivity index (χ4n) is 6.84. The summed E-state index contributed by atoms with van der Waals surface area (Å²) in [4.78, 5) is 14.8. The minimum atomic E-state index is -0.797. The lowest BCUT2D eigenvalue weighted by Gasteiger charge is -2.39. The third-order valence-electron chi connectivity index (χ3n) is 9.37. The molecule has 2 unspecified atom stereocenters. The number of nitriles is 1. The fraction of sp³-hybridized carbons (Fsp3) is 0.457. The number of amides is 1. The van der Waals surface area contributed by atoms with Crippen molar-refractivity contribution in [1.82, 2.24) is 20.9 Å². The van der Waals surface area contributed by atoms with Crippen LogP contribution in [0.5, 0.6) is 0 Å². The van der Waals surface area contributed by atoms with Crippen LogP contribution in [0.3, 0.4) is 0 Å². The van der Waals surface area contributed by atoms with Gasteiger partial charge in [0.1, 0.15) is 11.9 Å². The van der Waals surface area contributed by atoms with Gasteiger partial charge in [0, 0.05) is 50.2 Å². The van der Waals surface area contributed by atoms with Crippen LogP contribution in [0.4, 0.5) is 0 Å². The van der Waals surface area contributed by atoms with Crippen molar-refractivity contribution >= 4 is 11.7 Å². The Morgan fingerprint density at radius 3 is 2.67 bits per heavy atom. The summed E-state index contributed by atoms with van der Waals surface area (Å²) in [6.07, 6.45) is 6.25. The number of allylic oxidation sites excluding steroid dienone is 1. The first-order chi connectivity index (χ1) is 21.6. The van der Waals surface area contributed by atoms with E-state index in [4.69, 9.17) is 11.3 Å². The maximum atomic E-state index is 12.7. The van der Waals surface area contributed by atoms with Crippen molar-refractivity contribution in [3.05, 3.63) is 94.3 Å². The van der Waals surface area contributed by atoms with E-state index in [1.54, 1.807) is 7.05 Å². The van der Waals surface area contributed by atoms with Gasteiger partial charge in [-0.15, -0.1) is 5.10 Å². The highest BCUT2D eigenvalue weighted by Crippen LogP contribution is 2.40. The summed E-state index contributed by atoms with van der Waals surface area (Å²) in [5, 5.41) is 26.6. The number of nitrogens with one attached hydrogen (secondary N) is 4. The van der Waals surface area contributed by atoms with E-state index in [2.05, 4.69) is 75.5 Å². The summed E-state index contributed by atoms with van der Waals surface area (Å²) < 4.78 is 0. The van der Waals surface area contributed by atoms with Gasteiger partial charge in [0.15, 0.2) is 0 Å². The molecule has 1 aliphatic carbocycles. The van der Waals surface area contributed by atoms with E-state index >= 15 is 0 Å². The van der Waals surface area contributed by atoms with Gasteiger partial charge in [0.2, 0.25) is 0 Å². The number of carbonyl (C=O) groups excluding carboxylic acids is 1. The molecule has 10 nitrogen and oxygen atoms in total. The molecule has 238 valence electrons. The normalized spacial score (nSPS) is 20.1. The first kappa shape index (κ1) is 33.4. The molecule has 0 bridgehead atoms. The minimum absolute atomic E-state index is 0.0365. The zero-order valence-corrected chi connectivity index (χ0v) is 26.9. The number of nitrogens with zero attached hydrogens (tertiary/aromatic N) is 4. The molecule has 3 atom stereocenters. The molecule has 1 fully saturated rings. The lowest BCUT2D eigenvalue weighted by Crippen LogP contribution is -2.49. The molecular weight excluding hydrogens is 562 g/mol. The summed E-state index contributed by atoms with van der Waals surface area (Å²) in [6, 6.07) is 14.7. The van der Waals surface area contributed by atoms with Crippen molar-refractivity contribution in [1.29, 1.82) is 10.8 Å². The maximum Gasteiger partial charge on any atom is 0.251 e. The Morgan fingerprint density at radius 1 is 1.18 bits per heavy atom. The third-order valence-corrected chi connectivity index (χ3v) is 9.37. The minimum Gasteiger partial charge on any atom is -0.392 e. The van der Waals surface area contributed by atoms with Gasteiger partial charge in [0.25, 0.3) is 5.91 Å². The number of aryl methyl sites for hydroxylation is 3. The molecule has 0 radical (unpaired) electrons. The molecule has 1 aliphatic heterocycles. The van der Waals surface area contributed by atoms with Crippen LogP contribution in [0.25, 0.3) is 0 Å². The molecule has 2 aromatic carbocycles. The van der Waals surface area contributed by atoms with Crippen LogP contribution < -0.4 is 21.7 Å². The predicted molar refractivity (Wildman–Crippen MR) is 179 cm³/mol. The topological polar surface area (TPSA) is 155 Å². The van der Waals surface area contributed by atoms with Crippen LogP contribution in [-0.2, 0) is 31.1 Å². The van der Waals surface area contributed by atoms with E-state index in [-0.39, 0.29) is 23.8 Å². The number of hydrogen-bond acceptors (Lipinski definition) is 7. The highest BCUT2D eigenvalue weighted by atomic mass is 16.1. The summed E-state index contributed by atoms with van der Waals surface area (Å²) >= 11 is 0. The second-order valence-electron chi connectivity index (χ2n) is 12.3. The van der Waals surface area contributed by atoms with Crippen molar-refractivity contribution in [2.24, 2.45) is 16.1 Å². The van der Waals surface area contributed by atoms with Gasteiger partial charge in [-0.05, 0) is 98.2 Å². The first-order valence-electron chi connectivity index (χ1n) is 15.7. The van der Waals surface area contributed by atoms with Gasteiger partial charge in [-0.3, -0.25) is 4.79 Å². The molecule has 4 rings (SSSR count). The smallest absolute Gasteiger partial charge is 0.251 e. The van der Waals surface area contributed by atoms with Gasteiger partial charge in [-0.25, -0.2) is 0 Å². The Labute approximate surface area is 267 Å². The molecule has 6 N–H and O–H groups in total. The van der Waals surface area contributed by atoms with Crippen LogP contribution in [0.1, 0.15) is 70.8 Å². The molecule has 1 heterocycles. The number of rotatable bonds is 13. The molecule has 45 heavy (non-hydrogen) atoms. The molecule has 10 heteroatoms. The molecule has 0 saturated carbocycles. The molecule has 2 aliphatic rings. The van der Waals surface area contributed by atoms with Crippen molar-refractivity contribution in [2.75, 3.05) is 27.2 Å². The zero-order chi connectivity index (χ0) is 32.6. The zero-order valence-electron chi connectivity index (χ0n) is 26.9. The van der Waals surface area contributed by atoms with Crippen LogP contribution in [0.15, 0.2) is 71.3 Å². The van der Waals surface area contributed by atoms with E-state index in [9.17, 15) is 10.1 Å². The van der Waals surface area contributed by atoms with E-state index < -0.39 is 5.41 Å². The Morgan fingerprint density at radius 2 is 1.96 bits per heavy atom. The highest BCUT2D eigenvalue weighted by Gasteiger charge is 2.42. The Bertz CT molecular complexity index is 1510. The molecule has 0 spiro atoms. The molecular formula is C35H47N9O. The summed E-state index contributed by atoms with van der Waals surface area (Å²) in [7, 11) is 3.52. The molecule has 1 saturated heterocycles. The van der Waals surface area contributed by atoms with Crippen LogP contribution in [0.2, 0.25) is 0 Å². The second-order valence-corrected chi connectivity index (χ2v) is 12.3. The number of benzene rings is 2. The fourth-order valence-corrected chi connectivity index (χ4v) is 6.84. The van der Waals surface area contributed by atoms with E-state index in [1.165, 1.54) is 16.7 Å². The van der Waals surface area contributed by atoms with Crippen molar-refractivity contribution < 1.29 is 4.79 Å². The SMILES string of the molecule is C=C(CCc1ccc2c(c1)CCc1cc(C(=O)NC)ccc1C(C[C@@H](C)NCC(=C)N1CCCC1C#N)(C(N)=NN=N)C2)NC. The number of likely N-dealkylation sites (tertiary alicyclic amines) is 1. The average Bonchev–Trinajstić information content (AvgIpc) is 3.53. The predicted octanol–water partition coefficient (Wildman–Crippen LogP) is 4.46. The monoisotopic (exact) mass is 609 g/mol. The first-order valence-corrected chi connectivity index (χ1v) is 15.7. The van der Waals surface area contributed by atoms with Crippen molar-refractivity contribution in [2.45, 2.75) is 75.8 Å². The largest absolute Gasteiger partial charge is 0.392 e. The number of hydrogen-bond donors (Lipinski definition) is 5. The van der Waals surface area contributed by atoms with Gasteiger partial charge in [-0.2, -0.15) is 10.8 Å². The number of fused-ring (bicyclic) bond motifs is 2. The molecule has 2 aromatic rings. The van der Waals surface area contributed by atoms with Gasteiger partial charge < -0.3 is 26.6 Å². The maximum absolute atomic E-state index is 12.7. The summed E-state index contributed by atoms with van der Waals surface area (Å²) in [5.41, 5.74) is 21.8. The van der Waals surface area contributed by atoms with E-state index in [1.807, 2.05) is 25.2 Å². The van der Waals surface area contributed by atoms with Crippen molar-refractivity contribution in [3.63, 3.8) is 0 Å².